The molecule has 0 spiro atoms. The highest BCUT2D eigenvalue weighted by atomic mass is 16.5. The van der Waals surface area contributed by atoms with Gasteiger partial charge in [0, 0.05) is 19.0 Å². The summed E-state index contributed by atoms with van der Waals surface area (Å²) in [5, 5.41) is 0. The number of carbonyl (C=O) groups is 2. The Labute approximate surface area is 113 Å². The predicted octanol–water partition coefficient (Wildman–Crippen LogP) is 1.56. The molecule has 1 aliphatic heterocycles. The third kappa shape index (κ3) is 4.46. The first-order chi connectivity index (χ1) is 9.12. The molecule has 0 aromatic heterocycles. The van der Waals surface area contributed by atoms with Crippen LogP contribution in [0.15, 0.2) is 11.8 Å². The number of nitrogens with zero attached hydrogens (tertiary/aromatic N) is 1. The molecular weight excluding hydrogens is 250 g/mol. The number of methoxy groups -OCH3 is 2. The van der Waals surface area contributed by atoms with E-state index in [1.165, 1.54) is 7.11 Å². The van der Waals surface area contributed by atoms with Gasteiger partial charge in [0.15, 0.2) is 0 Å². The molecule has 1 saturated heterocycles. The van der Waals surface area contributed by atoms with E-state index in [4.69, 9.17) is 14.2 Å². The van der Waals surface area contributed by atoms with Crippen LogP contribution < -0.4 is 0 Å². The van der Waals surface area contributed by atoms with Crippen molar-refractivity contribution in [3.8, 4) is 0 Å². The Balaban J connectivity index is 2.70. The summed E-state index contributed by atoms with van der Waals surface area (Å²) in [6.45, 7) is 3.14. The number of amides is 1. The molecule has 0 saturated carbocycles. The zero-order valence-corrected chi connectivity index (χ0v) is 11.7. The molecule has 1 unspecified atom stereocenters. The maximum atomic E-state index is 11.6. The molecule has 108 valence electrons. The smallest absolute Gasteiger partial charge is 0.409 e. The molecule has 1 aliphatic rings. The van der Waals surface area contributed by atoms with Crippen LogP contribution in [0.3, 0.4) is 0 Å². The van der Waals surface area contributed by atoms with Gasteiger partial charge in [-0.3, -0.25) is 4.79 Å². The van der Waals surface area contributed by atoms with Crippen LogP contribution in [0.4, 0.5) is 4.79 Å². The molecule has 1 amide bonds. The van der Waals surface area contributed by atoms with Gasteiger partial charge in [-0.2, -0.15) is 0 Å². The minimum absolute atomic E-state index is 0.0770. The van der Waals surface area contributed by atoms with E-state index in [9.17, 15) is 9.59 Å². The number of esters is 1. The molecule has 0 bridgehead atoms. The fraction of sp³-hybridized carbons (Fsp3) is 0.692. The summed E-state index contributed by atoms with van der Waals surface area (Å²) in [6.07, 6.45) is 2.20. The van der Waals surface area contributed by atoms with Crippen LogP contribution in [0.1, 0.15) is 19.8 Å². The van der Waals surface area contributed by atoms with Crippen LogP contribution in [-0.4, -0.2) is 50.9 Å². The first-order valence-electron chi connectivity index (χ1n) is 6.32. The van der Waals surface area contributed by atoms with Crippen molar-refractivity contribution < 1.29 is 23.8 Å². The van der Waals surface area contributed by atoms with Crippen molar-refractivity contribution in [3.05, 3.63) is 11.8 Å². The van der Waals surface area contributed by atoms with Gasteiger partial charge in [0.25, 0.3) is 0 Å². The number of carbonyl (C=O) groups excluding carboxylic acids is 2. The predicted molar refractivity (Wildman–Crippen MR) is 68.4 cm³/mol. The van der Waals surface area contributed by atoms with Crippen molar-refractivity contribution in [1.82, 2.24) is 4.90 Å². The van der Waals surface area contributed by atoms with Gasteiger partial charge >= 0.3 is 12.1 Å². The topological polar surface area (TPSA) is 65.1 Å². The van der Waals surface area contributed by atoms with Crippen molar-refractivity contribution in [2.75, 3.05) is 33.9 Å². The van der Waals surface area contributed by atoms with Crippen molar-refractivity contribution in [3.63, 3.8) is 0 Å². The van der Waals surface area contributed by atoms with E-state index in [1.807, 2.05) is 0 Å². The summed E-state index contributed by atoms with van der Waals surface area (Å²) < 4.78 is 14.7. The Morgan fingerprint density at radius 1 is 1.42 bits per heavy atom. The monoisotopic (exact) mass is 271 g/mol. The van der Waals surface area contributed by atoms with Gasteiger partial charge in [0.05, 0.1) is 33.5 Å². The molecule has 1 atom stereocenters. The van der Waals surface area contributed by atoms with E-state index in [0.29, 0.717) is 26.1 Å². The van der Waals surface area contributed by atoms with Gasteiger partial charge in [-0.25, -0.2) is 4.79 Å². The summed E-state index contributed by atoms with van der Waals surface area (Å²) in [5.41, 5.74) is 1.02. The fourth-order valence-electron chi connectivity index (χ4n) is 2.16. The van der Waals surface area contributed by atoms with Crippen LogP contribution in [-0.2, 0) is 19.0 Å². The number of rotatable bonds is 4. The summed E-state index contributed by atoms with van der Waals surface area (Å²) in [4.78, 5) is 24.7. The van der Waals surface area contributed by atoms with E-state index >= 15 is 0 Å². The molecule has 0 aromatic rings. The van der Waals surface area contributed by atoms with Crippen LogP contribution in [0.5, 0.6) is 0 Å². The minimum atomic E-state index is -0.370. The Hall–Kier alpha value is -1.72. The zero-order chi connectivity index (χ0) is 14.3. The van der Waals surface area contributed by atoms with Gasteiger partial charge in [0.2, 0.25) is 0 Å². The Morgan fingerprint density at radius 2 is 2.16 bits per heavy atom. The standard InChI is InChI=1S/C13H21NO5/c1-4-19-12(15)7-11-8-14(13(16)18-3)6-5-10(11)9-17-2/h9,11H,4-8H2,1-3H3/b10-9+. The summed E-state index contributed by atoms with van der Waals surface area (Å²) in [6, 6.07) is 0. The second-order valence-corrected chi connectivity index (χ2v) is 4.30. The van der Waals surface area contributed by atoms with Crippen LogP contribution in [0, 0.1) is 5.92 Å². The van der Waals surface area contributed by atoms with E-state index in [1.54, 1.807) is 25.2 Å². The van der Waals surface area contributed by atoms with Gasteiger partial charge in [0.1, 0.15) is 0 Å². The van der Waals surface area contributed by atoms with E-state index < -0.39 is 0 Å². The quantitative estimate of drug-likeness (QED) is 0.573. The third-order valence-corrected chi connectivity index (χ3v) is 3.06. The first kappa shape index (κ1) is 15.3. The molecule has 0 radical (unpaired) electrons. The molecule has 1 rings (SSSR count). The normalized spacial score (nSPS) is 21.1. The van der Waals surface area contributed by atoms with Crippen molar-refractivity contribution in [1.29, 1.82) is 0 Å². The summed E-state index contributed by atoms with van der Waals surface area (Å²) >= 11 is 0. The minimum Gasteiger partial charge on any atom is -0.504 e. The van der Waals surface area contributed by atoms with Crippen LogP contribution >= 0.6 is 0 Å². The first-order valence-corrected chi connectivity index (χ1v) is 6.32. The molecule has 19 heavy (non-hydrogen) atoms. The van der Waals surface area contributed by atoms with Crippen molar-refractivity contribution in [2.45, 2.75) is 19.8 Å². The number of likely N-dealkylation sites (tertiary alicyclic amines) is 1. The second kappa shape index (κ2) is 7.66. The number of piperidine rings is 1. The van der Waals surface area contributed by atoms with Gasteiger partial charge in [-0.15, -0.1) is 0 Å². The number of hydrogen-bond acceptors (Lipinski definition) is 5. The highest BCUT2D eigenvalue weighted by Gasteiger charge is 2.29. The molecule has 0 aliphatic carbocycles. The third-order valence-electron chi connectivity index (χ3n) is 3.06. The van der Waals surface area contributed by atoms with E-state index in [-0.39, 0.29) is 24.4 Å². The molecular formula is C13H21NO5. The highest BCUT2D eigenvalue weighted by Crippen LogP contribution is 2.26. The van der Waals surface area contributed by atoms with Crippen molar-refractivity contribution in [2.24, 2.45) is 5.92 Å². The highest BCUT2D eigenvalue weighted by molar-refractivity contribution is 5.71. The van der Waals surface area contributed by atoms with Gasteiger partial charge < -0.3 is 19.1 Å². The molecule has 6 nitrogen and oxygen atoms in total. The lowest BCUT2D eigenvalue weighted by Crippen LogP contribution is -2.41. The number of hydrogen-bond donors (Lipinski definition) is 0. The lowest BCUT2D eigenvalue weighted by atomic mass is 9.90. The number of ether oxygens (including phenoxy) is 3. The van der Waals surface area contributed by atoms with Crippen LogP contribution in [0.25, 0.3) is 0 Å². The van der Waals surface area contributed by atoms with Crippen molar-refractivity contribution >= 4 is 12.1 Å². The maximum absolute atomic E-state index is 11.6. The van der Waals surface area contributed by atoms with Gasteiger partial charge in [-0.1, -0.05) is 0 Å². The Morgan fingerprint density at radius 3 is 2.74 bits per heavy atom. The van der Waals surface area contributed by atoms with Crippen LogP contribution in [0.2, 0.25) is 0 Å². The molecule has 1 heterocycles. The molecule has 0 aromatic carbocycles. The molecule has 6 heteroatoms. The average molecular weight is 271 g/mol. The molecule has 1 fully saturated rings. The maximum Gasteiger partial charge on any atom is 0.409 e. The molecule has 0 N–H and O–H groups in total. The summed E-state index contributed by atoms with van der Waals surface area (Å²) in [5.74, 6) is -0.340. The Kier molecular flexibility index (Phi) is 6.18. The van der Waals surface area contributed by atoms with Gasteiger partial charge in [-0.05, 0) is 18.9 Å². The van der Waals surface area contributed by atoms with E-state index in [0.717, 1.165) is 5.57 Å². The second-order valence-electron chi connectivity index (χ2n) is 4.30. The zero-order valence-electron chi connectivity index (χ0n) is 11.7. The van der Waals surface area contributed by atoms with E-state index in [2.05, 4.69) is 0 Å². The fourth-order valence-corrected chi connectivity index (χ4v) is 2.16. The SMILES string of the molecule is CCOC(=O)CC1CN(C(=O)OC)CC/C1=C\OC. The summed E-state index contributed by atoms with van der Waals surface area (Å²) in [7, 11) is 2.92. The average Bonchev–Trinajstić information content (AvgIpc) is 2.40. The lowest BCUT2D eigenvalue weighted by Gasteiger charge is -2.33. The Bertz CT molecular complexity index is 353. The lowest BCUT2D eigenvalue weighted by molar-refractivity contribution is -0.144. The largest absolute Gasteiger partial charge is 0.504 e.